The summed E-state index contributed by atoms with van der Waals surface area (Å²) < 4.78 is 23.5. The molecule has 1 amide bonds. The predicted octanol–water partition coefficient (Wildman–Crippen LogP) is 5.41. The molecule has 56 heavy (non-hydrogen) atoms. The average molecular weight is 801 g/mol. The molecule has 3 aliphatic heterocycles. The van der Waals surface area contributed by atoms with E-state index in [4.69, 9.17) is 18.9 Å². The highest BCUT2D eigenvalue weighted by Crippen LogP contribution is 2.57. The highest BCUT2D eigenvalue weighted by Gasteiger charge is 2.50. The molecule has 5 bridgehead atoms. The van der Waals surface area contributed by atoms with Crippen LogP contribution in [0.15, 0.2) is 41.0 Å². The number of phenolic OH excluding ortho intramolecular Hbond substituents is 3. The van der Waals surface area contributed by atoms with Crippen molar-refractivity contribution in [3.8, 4) is 23.0 Å². The van der Waals surface area contributed by atoms with Gasteiger partial charge in [-0.15, -0.1) is 11.8 Å². The van der Waals surface area contributed by atoms with Gasteiger partial charge in [0.05, 0.1) is 40.4 Å². The molecule has 308 valence electrons. The summed E-state index contributed by atoms with van der Waals surface area (Å²) in [7, 11) is 5.17. The minimum Gasteiger partial charge on any atom is -0.507 e. The fourth-order valence-corrected chi connectivity index (χ4v) is 8.36. The Labute approximate surface area is 332 Å². The number of thioether (sulfide) groups is 1. The number of nitrogens with zero attached hydrogens (tertiary/aromatic N) is 1. The third-order valence-electron chi connectivity index (χ3n) is 10.7. The lowest BCUT2D eigenvalue weighted by molar-refractivity contribution is -0.160. The summed E-state index contributed by atoms with van der Waals surface area (Å²) in [6.45, 7) is 13.1. The first-order valence-corrected chi connectivity index (χ1v) is 19.5. The van der Waals surface area contributed by atoms with Gasteiger partial charge in [-0.2, -0.15) is 0 Å². The molecule has 5 rings (SSSR count). The molecule has 9 atom stereocenters. The number of amides is 1. The van der Waals surface area contributed by atoms with E-state index in [1.54, 1.807) is 46.8 Å². The standard InChI is InChI=1S/C41H56N2O12S/c1-19-13-12-14-20(2)40(51)42-30-34(48)28-27(35(49)38(30)56-18-16-43(9)10)29-37(24(6)33(28)47)55-41(8,39(29)50)53-17-15-26(52-11)21(3)36(54-25(7)44)23(5)32(46)22(4)31(19)45/h12-15,17,19,21-23,26,31-32,36,45-49H,16,18H2,1-11H3,(H,42,51). The average Bonchev–Trinajstić information content (AvgIpc) is 3.41. The fourth-order valence-electron chi connectivity index (χ4n) is 7.17. The van der Waals surface area contributed by atoms with Crippen LogP contribution in [-0.4, -0.2) is 112 Å². The second-order valence-corrected chi connectivity index (χ2v) is 16.3. The first kappa shape index (κ1) is 44.4. The van der Waals surface area contributed by atoms with Crippen LogP contribution in [0.2, 0.25) is 0 Å². The number of rotatable bonds is 6. The molecule has 0 saturated heterocycles. The largest absolute Gasteiger partial charge is 0.507 e. The molecule has 14 nitrogen and oxygen atoms in total. The topological polar surface area (TPSA) is 205 Å². The summed E-state index contributed by atoms with van der Waals surface area (Å²) in [5, 5.41) is 60.3. The van der Waals surface area contributed by atoms with Crippen LogP contribution in [-0.2, 0) is 23.8 Å². The molecule has 0 spiro atoms. The molecule has 0 aliphatic carbocycles. The van der Waals surface area contributed by atoms with E-state index < -0.39 is 88.8 Å². The highest BCUT2D eigenvalue weighted by atomic mass is 32.2. The van der Waals surface area contributed by atoms with Crippen molar-refractivity contribution in [3.63, 3.8) is 0 Å². The van der Waals surface area contributed by atoms with Crippen LogP contribution in [0.25, 0.3) is 10.8 Å². The summed E-state index contributed by atoms with van der Waals surface area (Å²) >= 11 is 1.13. The lowest BCUT2D eigenvalue weighted by Gasteiger charge is -2.38. The molecular formula is C41H56N2O12S. The van der Waals surface area contributed by atoms with E-state index in [1.165, 1.54) is 46.3 Å². The van der Waals surface area contributed by atoms with E-state index in [2.05, 4.69) is 5.32 Å². The van der Waals surface area contributed by atoms with Crippen molar-refractivity contribution in [1.82, 2.24) is 4.90 Å². The number of hydrogen-bond acceptors (Lipinski definition) is 14. The lowest BCUT2D eigenvalue weighted by Crippen LogP contribution is -2.46. The van der Waals surface area contributed by atoms with Gasteiger partial charge in [-0.05, 0) is 34.0 Å². The molecule has 2 aromatic carbocycles. The monoisotopic (exact) mass is 800 g/mol. The summed E-state index contributed by atoms with van der Waals surface area (Å²) in [5.74, 6) is -7.55. The van der Waals surface area contributed by atoms with E-state index in [1.807, 2.05) is 19.0 Å². The number of phenols is 3. The van der Waals surface area contributed by atoms with E-state index in [-0.39, 0.29) is 43.8 Å². The van der Waals surface area contributed by atoms with Crippen molar-refractivity contribution in [1.29, 1.82) is 0 Å². The minimum atomic E-state index is -2.01. The molecule has 15 heteroatoms. The van der Waals surface area contributed by atoms with E-state index in [9.17, 15) is 39.9 Å². The number of benzene rings is 2. The SMILES string of the molecule is COC1C=COC2(C)Oc3c(C)c(O)c4c(O)c(c(SCCN(C)C)c(O)c4c3C2=O)NC(=O)C(C)=CC=CC(C)C(O)C(C)C(O)C(C)C(OC(C)=O)C1C. The number of ketones is 1. The van der Waals surface area contributed by atoms with E-state index >= 15 is 0 Å². The number of carbonyl (C=O) groups is 3. The Bertz CT molecular complexity index is 1930. The van der Waals surface area contributed by atoms with Gasteiger partial charge in [-0.3, -0.25) is 14.4 Å². The molecule has 0 fully saturated rings. The Morgan fingerprint density at radius 1 is 0.964 bits per heavy atom. The number of hydrogen-bond donors (Lipinski definition) is 6. The first-order chi connectivity index (χ1) is 26.2. The fraction of sp³-hybridized carbons (Fsp3) is 0.537. The second kappa shape index (κ2) is 17.9. The zero-order valence-corrected chi connectivity index (χ0v) is 34.7. The Kier molecular flexibility index (Phi) is 14.2. The smallest absolute Gasteiger partial charge is 0.312 e. The normalized spacial score (nSPS) is 29.0. The van der Waals surface area contributed by atoms with Gasteiger partial charge in [-0.25, -0.2) is 0 Å². The third kappa shape index (κ3) is 8.81. The molecular weight excluding hydrogens is 745 g/mol. The summed E-state index contributed by atoms with van der Waals surface area (Å²) in [4.78, 5) is 42.2. The number of Topliss-reactive ketones (excluding diaryl/α,β-unsaturated/α-hetero) is 1. The maximum Gasteiger partial charge on any atom is 0.312 e. The molecule has 0 radical (unpaired) electrons. The van der Waals surface area contributed by atoms with Gasteiger partial charge >= 0.3 is 11.8 Å². The number of esters is 1. The summed E-state index contributed by atoms with van der Waals surface area (Å²) in [6.07, 6.45) is 3.67. The van der Waals surface area contributed by atoms with Crippen LogP contribution < -0.4 is 10.1 Å². The van der Waals surface area contributed by atoms with E-state index in [0.717, 1.165) is 11.8 Å². The molecule has 9 unspecified atom stereocenters. The van der Waals surface area contributed by atoms with Crippen LogP contribution in [0.3, 0.4) is 0 Å². The van der Waals surface area contributed by atoms with Gasteiger partial charge < -0.3 is 54.7 Å². The minimum absolute atomic E-state index is 0.0634. The molecule has 6 N–H and O–H groups in total. The van der Waals surface area contributed by atoms with Gasteiger partial charge in [0.2, 0.25) is 0 Å². The number of aliphatic hydroxyl groups excluding tert-OH is 2. The van der Waals surface area contributed by atoms with Crippen molar-refractivity contribution in [2.24, 2.45) is 23.7 Å². The second-order valence-electron chi connectivity index (χ2n) is 15.2. The number of carbonyl (C=O) groups excluding carboxylic acids is 3. The highest BCUT2D eigenvalue weighted by molar-refractivity contribution is 7.99. The number of allylic oxidation sites excluding steroid dienone is 2. The van der Waals surface area contributed by atoms with Crippen molar-refractivity contribution in [2.75, 3.05) is 38.8 Å². The maximum atomic E-state index is 14.3. The van der Waals surface area contributed by atoms with Crippen molar-refractivity contribution in [3.05, 3.63) is 47.3 Å². The number of anilines is 1. The molecule has 0 aromatic heterocycles. The number of methoxy groups -OCH3 is 1. The van der Waals surface area contributed by atoms with Crippen LogP contribution in [0.1, 0.15) is 64.4 Å². The Morgan fingerprint density at radius 2 is 1.62 bits per heavy atom. The van der Waals surface area contributed by atoms with Crippen LogP contribution in [0.5, 0.6) is 23.0 Å². The molecule has 3 heterocycles. The Hall–Kier alpha value is -4.28. The predicted molar refractivity (Wildman–Crippen MR) is 213 cm³/mol. The number of aromatic hydroxyl groups is 3. The molecule has 2 aromatic rings. The van der Waals surface area contributed by atoms with Crippen LogP contribution in [0.4, 0.5) is 5.69 Å². The summed E-state index contributed by atoms with van der Waals surface area (Å²) in [5.41, 5.74) is -0.0195. The number of nitrogens with one attached hydrogen (secondary N) is 1. The lowest BCUT2D eigenvalue weighted by atomic mass is 9.78. The molecule has 0 saturated carbocycles. The van der Waals surface area contributed by atoms with Crippen LogP contribution in [0, 0.1) is 30.6 Å². The van der Waals surface area contributed by atoms with Gasteiger partial charge in [0.15, 0.2) is 5.75 Å². The number of fused-ring (bicyclic) bond motifs is 14. The maximum absolute atomic E-state index is 14.3. The first-order valence-electron chi connectivity index (χ1n) is 18.5. The van der Waals surface area contributed by atoms with Crippen molar-refractivity contribution < 1.29 is 58.9 Å². The summed E-state index contributed by atoms with van der Waals surface area (Å²) in [6, 6.07) is 0. The zero-order chi connectivity index (χ0) is 42.0. The Morgan fingerprint density at radius 3 is 2.23 bits per heavy atom. The Balaban J connectivity index is 1.95. The zero-order valence-electron chi connectivity index (χ0n) is 33.9. The van der Waals surface area contributed by atoms with Gasteiger partial charge in [0.1, 0.15) is 29.0 Å². The van der Waals surface area contributed by atoms with Crippen molar-refractivity contribution >= 4 is 45.9 Å². The quantitative estimate of drug-likeness (QED) is 0.0937. The van der Waals surface area contributed by atoms with Gasteiger partial charge in [-0.1, -0.05) is 45.9 Å². The van der Waals surface area contributed by atoms with Gasteiger partial charge in [0, 0.05) is 73.4 Å². The van der Waals surface area contributed by atoms with E-state index in [0.29, 0.717) is 12.3 Å². The number of ether oxygens (including phenoxy) is 4. The van der Waals surface area contributed by atoms with Crippen molar-refractivity contribution in [2.45, 2.75) is 90.5 Å². The van der Waals surface area contributed by atoms with Crippen LogP contribution >= 0.6 is 11.8 Å². The number of aliphatic hydroxyl groups is 2. The van der Waals surface area contributed by atoms with Gasteiger partial charge in [0.25, 0.3) is 11.7 Å². The molecule has 3 aliphatic rings. The third-order valence-corrected chi connectivity index (χ3v) is 11.8.